The van der Waals surface area contributed by atoms with Crippen molar-refractivity contribution in [1.29, 1.82) is 0 Å². The van der Waals surface area contributed by atoms with Gasteiger partial charge in [-0.1, -0.05) is 18.2 Å². The van der Waals surface area contributed by atoms with Gasteiger partial charge in [0.1, 0.15) is 0 Å². The first-order valence-corrected chi connectivity index (χ1v) is 3.66. The smallest absolute Gasteiger partial charge is 0.0952 e. The zero-order valence-electron chi connectivity index (χ0n) is 6.70. The number of nitrogens with zero attached hydrogens (tertiary/aromatic N) is 2. The topological polar surface area (TPSA) is 17.8 Å². The van der Waals surface area contributed by atoms with Crippen molar-refractivity contribution in [3.63, 3.8) is 0 Å². The molecule has 0 aliphatic carbocycles. The van der Waals surface area contributed by atoms with Gasteiger partial charge in [-0.25, -0.2) is 0 Å². The van der Waals surface area contributed by atoms with E-state index in [1.54, 1.807) is 0 Å². The van der Waals surface area contributed by atoms with E-state index in [0.717, 1.165) is 5.52 Å². The van der Waals surface area contributed by atoms with Crippen molar-refractivity contribution in [3.05, 3.63) is 30.0 Å². The van der Waals surface area contributed by atoms with Gasteiger partial charge in [0, 0.05) is 18.6 Å². The van der Waals surface area contributed by atoms with E-state index in [1.807, 2.05) is 17.9 Å². The highest BCUT2D eigenvalue weighted by atomic mass is 15.2. The van der Waals surface area contributed by atoms with E-state index in [2.05, 4.69) is 30.2 Å². The molecule has 2 rings (SSSR count). The van der Waals surface area contributed by atoms with Gasteiger partial charge in [-0.15, -0.1) is 0 Å². The molecule has 0 radical (unpaired) electrons. The second kappa shape index (κ2) is 2.09. The molecule has 0 aliphatic rings. The first-order chi connectivity index (χ1) is 5.27. The predicted molar refractivity (Wildman–Crippen MR) is 45.5 cm³/mol. The lowest BCUT2D eigenvalue weighted by Gasteiger charge is -1.90. The first kappa shape index (κ1) is 6.40. The SMILES string of the molecule is Cc1cccc2cn(C)nc12. The highest BCUT2D eigenvalue weighted by Crippen LogP contribution is 2.14. The summed E-state index contributed by atoms with van der Waals surface area (Å²) in [6.45, 7) is 2.08. The lowest BCUT2D eigenvalue weighted by Crippen LogP contribution is -1.85. The molecule has 0 aliphatic heterocycles. The Hall–Kier alpha value is -1.31. The second-order valence-corrected chi connectivity index (χ2v) is 2.82. The van der Waals surface area contributed by atoms with Gasteiger partial charge in [-0.2, -0.15) is 5.10 Å². The largest absolute Gasteiger partial charge is 0.275 e. The van der Waals surface area contributed by atoms with Gasteiger partial charge in [0.25, 0.3) is 0 Å². The van der Waals surface area contributed by atoms with E-state index in [4.69, 9.17) is 0 Å². The molecule has 0 bridgehead atoms. The summed E-state index contributed by atoms with van der Waals surface area (Å²) in [7, 11) is 1.94. The van der Waals surface area contributed by atoms with E-state index in [9.17, 15) is 0 Å². The third kappa shape index (κ3) is 0.909. The zero-order valence-corrected chi connectivity index (χ0v) is 6.70. The highest BCUT2D eigenvalue weighted by molar-refractivity contribution is 5.80. The normalized spacial score (nSPS) is 10.7. The lowest BCUT2D eigenvalue weighted by atomic mass is 10.2. The number of benzene rings is 1. The molecule has 0 spiro atoms. The van der Waals surface area contributed by atoms with Crippen molar-refractivity contribution in [2.45, 2.75) is 6.92 Å². The molecule has 56 valence electrons. The van der Waals surface area contributed by atoms with Crippen LogP contribution in [0, 0.1) is 6.92 Å². The summed E-state index contributed by atoms with van der Waals surface area (Å²) >= 11 is 0. The van der Waals surface area contributed by atoms with Crippen molar-refractivity contribution < 1.29 is 0 Å². The van der Waals surface area contributed by atoms with Gasteiger partial charge in [-0.3, -0.25) is 4.68 Å². The number of aromatic nitrogens is 2. The van der Waals surface area contributed by atoms with Crippen LogP contribution < -0.4 is 0 Å². The van der Waals surface area contributed by atoms with Gasteiger partial charge in [-0.05, 0) is 12.5 Å². The van der Waals surface area contributed by atoms with Gasteiger partial charge >= 0.3 is 0 Å². The van der Waals surface area contributed by atoms with Crippen LogP contribution in [-0.4, -0.2) is 9.78 Å². The van der Waals surface area contributed by atoms with Crippen molar-refractivity contribution in [1.82, 2.24) is 9.78 Å². The minimum Gasteiger partial charge on any atom is -0.275 e. The van der Waals surface area contributed by atoms with E-state index < -0.39 is 0 Å². The van der Waals surface area contributed by atoms with E-state index in [1.165, 1.54) is 10.9 Å². The quantitative estimate of drug-likeness (QED) is 0.555. The minimum absolute atomic E-state index is 1.11. The molecule has 0 fully saturated rings. The molecule has 0 amide bonds. The van der Waals surface area contributed by atoms with Crippen molar-refractivity contribution in [3.8, 4) is 0 Å². The average Bonchev–Trinajstić information content (AvgIpc) is 2.31. The highest BCUT2D eigenvalue weighted by Gasteiger charge is 1.98. The minimum atomic E-state index is 1.11. The van der Waals surface area contributed by atoms with Crippen LogP contribution in [0.25, 0.3) is 10.9 Å². The fourth-order valence-electron chi connectivity index (χ4n) is 1.31. The van der Waals surface area contributed by atoms with Crippen LogP contribution >= 0.6 is 0 Å². The fraction of sp³-hybridized carbons (Fsp3) is 0.222. The fourth-order valence-corrected chi connectivity index (χ4v) is 1.31. The van der Waals surface area contributed by atoms with Crippen LogP contribution in [0.4, 0.5) is 0 Å². The number of rotatable bonds is 0. The van der Waals surface area contributed by atoms with E-state index in [-0.39, 0.29) is 0 Å². The van der Waals surface area contributed by atoms with Crippen LogP contribution in [0.3, 0.4) is 0 Å². The number of hydrogen-bond donors (Lipinski definition) is 0. The van der Waals surface area contributed by atoms with E-state index in [0.29, 0.717) is 0 Å². The summed E-state index contributed by atoms with van der Waals surface area (Å²) in [5.74, 6) is 0. The maximum absolute atomic E-state index is 4.33. The summed E-state index contributed by atoms with van der Waals surface area (Å²) in [4.78, 5) is 0. The number of fused-ring (bicyclic) bond motifs is 1. The van der Waals surface area contributed by atoms with E-state index >= 15 is 0 Å². The van der Waals surface area contributed by atoms with Crippen LogP contribution in [0.2, 0.25) is 0 Å². The monoisotopic (exact) mass is 146 g/mol. The van der Waals surface area contributed by atoms with Gasteiger partial charge in [0.15, 0.2) is 0 Å². The predicted octanol–water partition coefficient (Wildman–Crippen LogP) is 1.88. The molecule has 1 aromatic carbocycles. The molecule has 1 aromatic heterocycles. The van der Waals surface area contributed by atoms with Crippen molar-refractivity contribution in [2.24, 2.45) is 7.05 Å². The Morgan fingerprint density at radius 2 is 2.18 bits per heavy atom. The summed E-state index contributed by atoms with van der Waals surface area (Å²) in [6.07, 6.45) is 2.03. The second-order valence-electron chi connectivity index (χ2n) is 2.82. The van der Waals surface area contributed by atoms with Gasteiger partial charge < -0.3 is 0 Å². The Labute approximate surface area is 65.5 Å². The summed E-state index contributed by atoms with van der Waals surface area (Å²) in [5, 5.41) is 5.54. The Bertz CT molecular complexity index is 387. The lowest BCUT2D eigenvalue weighted by molar-refractivity contribution is 0.779. The van der Waals surface area contributed by atoms with Crippen molar-refractivity contribution >= 4 is 10.9 Å². The van der Waals surface area contributed by atoms with Crippen LogP contribution in [0.15, 0.2) is 24.4 Å². The van der Waals surface area contributed by atoms with Crippen molar-refractivity contribution in [2.75, 3.05) is 0 Å². The number of aryl methyl sites for hydroxylation is 2. The molecule has 2 aromatic rings. The zero-order chi connectivity index (χ0) is 7.84. The van der Waals surface area contributed by atoms with Crippen LogP contribution in [0.5, 0.6) is 0 Å². The number of hydrogen-bond acceptors (Lipinski definition) is 1. The molecule has 0 unspecified atom stereocenters. The summed E-state index contributed by atoms with van der Waals surface area (Å²) in [6, 6.07) is 6.21. The van der Waals surface area contributed by atoms with Crippen LogP contribution in [0.1, 0.15) is 5.56 Å². The molecule has 2 nitrogen and oxygen atoms in total. The third-order valence-electron chi connectivity index (χ3n) is 1.85. The van der Waals surface area contributed by atoms with Gasteiger partial charge in [0.05, 0.1) is 5.52 Å². The molecule has 11 heavy (non-hydrogen) atoms. The maximum Gasteiger partial charge on any atom is 0.0952 e. The first-order valence-electron chi connectivity index (χ1n) is 3.66. The molecule has 0 atom stereocenters. The Balaban J connectivity index is 2.90. The summed E-state index contributed by atoms with van der Waals surface area (Å²) in [5.41, 5.74) is 2.35. The molecular weight excluding hydrogens is 136 g/mol. The van der Waals surface area contributed by atoms with Gasteiger partial charge in [0.2, 0.25) is 0 Å². The Morgan fingerprint density at radius 1 is 1.36 bits per heavy atom. The molecule has 1 heterocycles. The Morgan fingerprint density at radius 3 is 2.91 bits per heavy atom. The maximum atomic E-state index is 4.33. The summed E-state index contributed by atoms with van der Waals surface area (Å²) < 4.78 is 1.84. The third-order valence-corrected chi connectivity index (χ3v) is 1.85. The van der Waals surface area contributed by atoms with Crippen LogP contribution in [-0.2, 0) is 7.05 Å². The standard InChI is InChI=1S/C9H10N2/c1-7-4-3-5-8-6-11(2)10-9(7)8/h3-6H,1-2H3. The molecule has 0 saturated heterocycles. The molecular formula is C9H10N2. The molecule has 0 saturated carbocycles. The average molecular weight is 146 g/mol. The molecule has 0 N–H and O–H groups in total. The molecule has 2 heteroatoms. The Kier molecular flexibility index (Phi) is 1.22.